The molecule has 1 aliphatic heterocycles. The second-order valence-corrected chi connectivity index (χ2v) is 4.90. The van der Waals surface area contributed by atoms with E-state index in [0.29, 0.717) is 19.4 Å². The lowest BCUT2D eigenvalue weighted by Crippen LogP contribution is -2.38. The molecule has 1 aliphatic rings. The van der Waals surface area contributed by atoms with Gasteiger partial charge in [0, 0.05) is 24.3 Å². The predicted octanol–water partition coefficient (Wildman–Crippen LogP) is 1.35. The van der Waals surface area contributed by atoms with Crippen LogP contribution in [0.2, 0.25) is 0 Å². The van der Waals surface area contributed by atoms with Gasteiger partial charge in [-0.2, -0.15) is 5.26 Å². The zero-order valence-corrected chi connectivity index (χ0v) is 11.4. The second-order valence-electron chi connectivity index (χ2n) is 4.90. The minimum Gasteiger partial charge on any atom is -0.388 e. The van der Waals surface area contributed by atoms with Crippen molar-refractivity contribution in [1.29, 1.82) is 5.26 Å². The summed E-state index contributed by atoms with van der Waals surface area (Å²) in [6, 6.07) is 9.66. The van der Waals surface area contributed by atoms with E-state index in [1.807, 2.05) is 35.2 Å². The van der Waals surface area contributed by atoms with Crippen LogP contribution in [0.25, 0.3) is 0 Å². The lowest BCUT2D eigenvalue weighted by Gasteiger charge is -2.24. The molecule has 2 N–H and O–H groups in total. The highest BCUT2D eigenvalue weighted by Gasteiger charge is 2.22. The van der Waals surface area contributed by atoms with Gasteiger partial charge in [0.1, 0.15) is 0 Å². The number of hydrogen-bond acceptors (Lipinski definition) is 4. The van der Waals surface area contributed by atoms with Crippen LogP contribution in [0.5, 0.6) is 0 Å². The third kappa shape index (κ3) is 3.49. The fourth-order valence-corrected chi connectivity index (χ4v) is 2.46. The molecule has 0 spiro atoms. The van der Waals surface area contributed by atoms with Gasteiger partial charge in [0.2, 0.25) is 5.91 Å². The fourth-order valence-electron chi connectivity index (χ4n) is 2.46. The van der Waals surface area contributed by atoms with Crippen LogP contribution in [0.3, 0.4) is 0 Å². The molecule has 2 rings (SSSR count). The molecule has 5 nitrogen and oxygen atoms in total. The zero-order chi connectivity index (χ0) is 14.4. The minimum atomic E-state index is -0.460. The number of benzene rings is 1. The Bertz CT molecular complexity index is 510. The van der Waals surface area contributed by atoms with Gasteiger partial charge in [0.25, 0.3) is 0 Å². The summed E-state index contributed by atoms with van der Waals surface area (Å²) in [6.45, 7) is 1.39. The molecule has 0 radical (unpaired) electrons. The molecule has 1 amide bonds. The number of nitriles is 1. The van der Waals surface area contributed by atoms with Crippen LogP contribution in [0.15, 0.2) is 24.3 Å². The van der Waals surface area contributed by atoms with Crippen molar-refractivity contribution in [3.63, 3.8) is 0 Å². The summed E-state index contributed by atoms with van der Waals surface area (Å²) in [5, 5.41) is 21.3. The number of aliphatic hydroxyl groups excluding tert-OH is 1. The van der Waals surface area contributed by atoms with E-state index in [4.69, 9.17) is 5.26 Å². The van der Waals surface area contributed by atoms with E-state index in [2.05, 4.69) is 5.32 Å². The van der Waals surface area contributed by atoms with Gasteiger partial charge in [0.05, 0.1) is 25.1 Å². The molecular formula is C15H19N3O2. The van der Waals surface area contributed by atoms with Crippen molar-refractivity contribution < 1.29 is 9.90 Å². The fraction of sp³-hybridized carbons (Fsp3) is 0.467. The number of aliphatic hydroxyl groups is 1. The van der Waals surface area contributed by atoms with Crippen molar-refractivity contribution in [1.82, 2.24) is 5.32 Å². The van der Waals surface area contributed by atoms with Gasteiger partial charge in [0.15, 0.2) is 0 Å². The summed E-state index contributed by atoms with van der Waals surface area (Å²) in [6.07, 6.45) is 1.42. The Morgan fingerprint density at radius 1 is 1.50 bits per heavy atom. The van der Waals surface area contributed by atoms with Gasteiger partial charge in [-0.3, -0.25) is 4.79 Å². The zero-order valence-electron chi connectivity index (χ0n) is 11.4. The first-order valence-electron chi connectivity index (χ1n) is 6.88. The normalized spacial score (nSPS) is 17.8. The number of amides is 1. The van der Waals surface area contributed by atoms with E-state index < -0.39 is 6.10 Å². The quantitative estimate of drug-likeness (QED) is 0.812. The Labute approximate surface area is 118 Å². The van der Waals surface area contributed by atoms with Gasteiger partial charge in [-0.1, -0.05) is 18.2 Å². The van der Waals surface area contributed by atoms with Crippen molar-refractivity contribution >= 4 is 11.6 Å². The molecule has 0 bridgehead atoms. The van der Waals surface area contributed by atoms with Crippen LogP contribution >= 0.6 is 0 Å². The number of hydrogen-bond donors (Lipinski definition) is 2. The lowest BCUT2D eigenvalue weighted by molar-refractivity contribution is -0.119. The SMILES string of the molecule is N#CCCNC(=O)CN1CCCC(O)c2ccccc21. The molecule has 0 aliphatic carbocycles. The number of rotatable bonds is 4. The summed E-state index contributed by atoms with van der Waals surface area (Å²) < 4.78 is 0. The van der Waals surface area contributed by atoms with Gasteiger partial charge in [-0.05, 0) is 18.9 Å². The van der Waals surface area contributed by atoms with Crippen molar-refractivity contribution in [3.05, 3.63) is 29.8 Å². The predicted molar refractivity (Wildman–Crippen MR) is 76.1 cm³/mol. The Hall–Kier alpha value is -2.06. The first-order chi connectivity index (χ1) is 9.72. The molecule has 0 aromatic heterocycles. The topological polar surface area (TPSA) is 76.4 Å². The highest BCUT2D eigenvalue weighted by atomic mass is 16.3. The first-order valence-corrected chi connectivity index (χ1v) is 6.88. The monoisotopic (exact) mass is 273 g/mol. The average Bonchev–Trinajstić information content (AvgIpc) is 2.60. The van der Waals surface area contributed by atoms with Crippen LogP contribution in [0.4, 0.5) is 5.69 Å². The van der Waals surface area contributed by atoms with Gasteiger partial charge in [-0.15, -0.1) is 0 Å². The summed E-state index contributed by atoms with van der Waals surface area (Å²) in [5.74, 6) is -0.0913. The number of anilines is 1. The Balaban J connectivity index is 2.06. The Morgan fingerprint density at radius 3 is 3.10 bits per heavy atom. The van der Waals surface area contributed by atoms with Crippen LogP contribution in [0.1, 0.15) is 30.9 Å². The Morgan fingerprint density at radius 2 is 2.30 bits per heavy atom. The molecule has 0 saturated carbocycles. The largest absolute Gasteiger partial charge is 0.388 e. The smallest absolute Gasteiger partial charge is 0.239 e. The number of para-hydroxylation sites is 1. The van der Waals surface area contributed by atoms with E-state index in [0.717, 1.165) is 24.2 Å². The van der Waals surface area contributed by atoms with E-state index in [1.165, 1.54) is 0 Å². The maximum atomic E-state index is 11.9. The molecule has 1 unspecified atom stereocenters. The Kier molecular flexibility index (Phi) is 4.97. The first kappa shape index (κ1) is 14.4. The highest BCUT2D eigenvalue weighted by molar-refractivity contribution is 5.81. The van der Waals surface area contributed by atoms with Crippen LogP contribution < -0.4 is 10.2 Å². The molecule has 5 heteroatoms. The van der Waals surface area contributed by atoms with Crippen molar-refractivity contribution in [2.75, 3.05) is 24.5 Å². The summed E-state index contributed by atoms with van der Waals surface area (Å²) in [4.78, 5) is 13.9. The van der Waals surface area contributed by atoms with E-state index >= 15 is 0 Å². The van der Waals surface area contributed by atoms with Crippen LogP contribution in [-0.4, -0.2) is 30.6 Å². The average molecular weight is 273 g/mol. The van der Waals surface area contributed by atoms with E-state index in [9.17, 15) is 9.90 Å². The molecule has 1 aromatic carbocycles. The summed E-state index contributed by atoms with van der Waals surface area (Å²) in [7, 11) is 0. The van der Waals surface area contributed by atoms with E-state index in [1.54, 1.807) is 0 Å². The van der Waals surface area contributed by atoms with Gasteiger partial charge >= 0.3 is 0 Å². The van der Waals surface area contributed by atoms with E-state index in [-0.39, 0.29) is 12.5 Å². The van der Waals surface area contributed by atoms with Crippen LogP contribution in [0, 0.1) is 11.3 Å². The third-order valence-electron chi connectivity index (χ3n) is 3.44. The summed E-state index contributed by atoms with van der Waals surface area (Å²) in [5.41, 5.74) is 1.81. The standard InChI is InChI=1S/C15H19N3O2/c16-8-4-9-17-15(20)11-18-10-3-7-14(19)12-5-1-2-6-13(12)18/h1-2,5-6,14,19H,3-4,7,9-11H2,(H,17,20). The summed E-state index contributed by atoms with van der Waals surface area (Å²) >= 11 is 0. The highest BCUT2D eigenvalue weighted by Crippen LogP contribution is 2.32. The maximum Gasteiger partial charge on any atom is 0.239 e. The molecule has 1 atom stereocenters. The maximum absolute atomic E-state index is 11.9. The molecule has 20 heavy (non-hydrogen) atoms. The molecule has 106 valence electrons. The lowest BCUT2D eigenvalue weighted by atomic mass is 10.0. The minimum absolute atomic E-state index is 0.0913. The number of fused-ring (bicyclic) bond motifs is 1. The van der Waals surface area contributed by atoms with Crippen molar-refractivity contribution in [2.45, 2.75) is 25.4 Å². The molecule has 0 saturated heterocycles. The third-order valence-corrected chi connectivity index (χ3v) is 3.44. The number of carbonyl (C=O) groups excluding carboxylic acids is 1. The van der Waals surface area contributed by atoms with Crippen LogP contribution in [-0.2, 0) is 4.79 Å². The number of nitrogens with zero attached hydrogens (tertiary/aromatic N) is 2. The van der Waals surface area contributed by atoms with Crippen molar-refractivity contribution in [2.24, 2.45) is 0 Å². The number of nitrogens with one attached hydrogen (secondary N) is 1. The van der Waals surface area contributed by atoms with Gasteiger partial charge in [-0.25, -0.2) is 0 Å². The van der Waals surface area contributed by atoms with Crippen molar-refractivity contribution in [3.8, 4) is 6.07 Å². The number of carbonyl (C=O) groups is 1. The molecule has 1 aromatic rings. The van der Waals surface area contributed by atoms with Gasteiger partial charge < -0.3 is 15.3 Å². The molecule has 0 fully saturated rings. The molecular weight excluding hydrogens is 254 g/mol. The molecule has 1 heterocycles. The second kappa shape index (κ2) is 6.92.